The molecule has 0 aliphatic heterocycles. The first-order valence-electron chi connectivity index (χ1n) is 7.55. The molecule has 0 aliphatic rings. The third-order valence-corrected chi connectivity index (χ3v) is 4.43. The Morgan fingerprint density at radius 1 is 1.35 bits per heavy atom. The summed E-state index contributed by atoms with van der Waals surface area (Å²) in [5.74, 6) is 0. The Balaban J connectivity index is 2.74. The number of anilines is 1. The van der Waals surface area contributed by atoms with E-state index in [2.05, 4.69) is 42.9 Å². The van der Waals surface area contributed by atoms with Crippen molar-refractivity contribution in [3.63, 3.8) is 0 Å². The summed E-state index contributed by atoms with van der Waals surface area (Å²) in [6, 6.07) is 1.05. The van der Waals surface area contributed by atoms with Gasteiger partial charge in [0.2, 0.25) is 0 Å². The van der Waals surface area contributed by atoms with E-state index in [9.17, 15) is 0 Å². The highest BCUT2D eigenvalue weighted by atomic mass is 32.1. The topological polar surface area (TPSA) is 37.4 Å². The Labute approximate surface area is 127 Å². The van der Waals surface area contributed by atoms with Gasteiger partial charge in [-0.2, -0.15) is 0 Å². The molecule has 0 bridgehead atoms. The van der Waals surface area contributed by atoms with E-state index in [1.54, 1.807) is 18.4 Å². The monoisotopic (exact) mass is 299 g/mol. The second kappa shape index (κ2) is 9.32. The fraction of sp³-hybridized carbons (Fsp3) is 0.800. The van der Waals surface area contributed by atoms with Gasteiger partial charge in [0, 0.05) is 43.4 Å². The van der Waals surface area contributed by atoms with Gasteiger partial charge in [0.05, 0.1) is 6.61 Å². The molecule has 0 unspecified atom stereocenters. The smallest absolute Gasteiger partial charge is 0.185 e. The quantitative estimate of drug-likeness (QED) is 0.719. The third kappa shape index (κ3) is 5.38. The van der Waals surface area contributed by atoms with Gasteiger partial charge in [-0.3, -0.25) is 0 Å². The molecule has 4 nitrogen and oxygen atoms in total. The van der Waals surface area contributed by atoms with Crippen molar-refractivity contribution in [3.05, 3.63) is 11.1 Å². The molecule has 5 heteroatoms. The maximum absolute atomic E-state index is 5.24. The molecule has 0 saturated heterocycles. The van der Waals surface area contributed by atoms with Crippen molar-refractivity contribution < 1.29 is 4.74 Å². The first-order chi connectivity index (χ1) is 9.62. The predicted molar refractivity (Wildman–Crippen MR) is 87.7 cm³/mol. The SMILES string of the molecule is CCC(CC)N(CCOC)c1ncc(CNC(C)C)s1. The predicted octanol–water partition coefficient (Wildman–Crippen LogP) is 3.28. The molecule has 0 aromatic carbocycles. The zero-order valence-electron chi connectivity index (χ0n) is 13.5. The summed E-state index contributed by atoms with van der Waals surface area (Å²) in [7, 11) is 1.75. The largest absolute Gasteiger partial charge is 0.383 e. The number of hydrogen-bond acceptors (Lipinski definition) is 5. The van der Waals surface area contributed by atoms with Crippen LogP contribution >= 0.6 is 11.3 Å². The molecule has 0 atom stereocenters. The van der Waals surface area contributed by atoms with Crippen LogP contribution in [0, 0.1) is 0 Å². The molecular weight excluding hydrogens is 270 g/mol. The van der Waals surface area contributed by atoms with Crippen molar-refractivity contribution in [3.8, 4) is 0 Å². The van der Waals surface area contributed by atoms with E-state index in [0.717, 1.165) is 37.7 Å². The Morgan fingerprint density at radius 3 is 2.60 bits per heavy atom. The molecule has 0 saturated carbocycles. The number of rotatable bonds is 10. The minimum absolute atomic E-state index is 0.504. The number of methoxy groups -OCH3 is 1. The van der Waals surface area contributed by atoms with Crippen molar-refractivity contribution in [2.75, 3.05) is 25.2 Å². The lowest BCUT2D eigenvalue weighted by atomic mass is 10.1. The van der Waals surface area contributed by atoms with Crippen LogP contribution in [-0.2, 0) is 11.3 Å². The molecule has 0 spiro atoms. The van der Waals surface area contributed by atoms with E-state index in [-0.39, 0.29) is 0 Å². The van der Waals surface area contributed by atoms with Gasteiger partial charge in [0.15, 0.2) is 5.13 Å². The number of hydrogen-bond donors (Lipinski definition) is 1. The highest BCUT2D eigenvalue weighted by Crippen LogP contribution is 2.26. The fourth-order valence-corrected chi connectivity index (χ4v) is 3.13. The summed E-state index contributed by atoms with van der Waals surface area (Å²) < 4.78 is 5.24. The van der Waals surface area contributed by atoms with Gasteiger partial charge in [-0.1, -0.05) is 27.7 Å². The number of nitrogens with one attached hydrogen (secondary N) is 1. The van der Waals surface area contributed by atoms with Crippen LogP contribution in [0.5, 0.6) is 0 Å². The second-order valence-corrected chi connectivity index (χ2v) is 6.39. The lowest BCUT2D eigenvalue weighted by molar-refractivity contribution is 0.202. The Morgan fingerprint density at radius 2 is 2.05 bits per heavy atom. The average molecular weight is 299 g/mol. The second-order valence-electron chi connectivity index (χ2n) is 5.30. The zero-order valence-corrected chi connectivity index (χ0v) is 14.3. The lowest BCUT2D eigenvalue weighted by Gasteiger charge is -2.29. The van der Waals surface area contributed by atoms with Gasteiger partial charge in [-0.25, -0.2) is 4.98 Å². The van der Waals surface area contributed by atoms with Gasteiger partial charge in [0.25, 0.3) is 0 Å². The summed E-state index contributed by atoms with van der Waals surface area (Å²) in [5.41, 5.74) is 0. The third-order valence-electron chi connectivity index (χ3n) is 3.39. The summed E-state index contributed by atoms with van der Waals surface area (Å²) in [5, 5.41) is 4.56. The zero-order chi connectivity index (χ0) is 15.0. The molecule has 1 heterocycles. The van der Waals surface area contributed by atoms with Crippen LogP contribution in [0.2, 0.25) is 0 Å². The van der Waals surface area contributed by atoms with Crippen molar-refractivity contribution in [1.82, 2.24) is 10.3 Å². The van der Waals surface area contributed by atoms with E-state index >= 15 is 0 Å². The molecule has 1 aromatic heterocycles. The average Bonchev–Trinajstić information content (AvgIpc) is 2.90. The van der Waals surface area contributed by atoms with Crippen LogP contribution in [0.1, 0.15) is 45.4 Å². The Bertz CT molecular complexity index is 364. The van der Waals surface area contributed by atoms with Gasteiger partial charge >= 0.3 is 0 Å². The maximum atomic E-state index is 5.24. The molecule has 0 aliphatic carbocycles. The van der Waals surface area contributed by atoms with Crippen LogP contribution in [0.4, 0.5) is 5.13 Å². The summed E-state index contributed by atoms with van der Waals surface area (Å²) in [4.78, 5) is 8.30. The van der Waals surface area contributed by atoms with Gasteiger partial charge in [0.1, 0.15) is 0 Å². The van der Waals surface area contributed by atoms with E-state index in [1.807, 2.05) is 6.20 Å². The molecule has 1 aromatic rings. The fourth-order valence-electron chi connectivity index (χ4n) is 2.17. The van der Waals surface area contributed by atoms with Crippen LogP contribution < -0.4 is 10.2 Å². The molecular formula is C15H29N3OS. The van der Waals surface area contributed by atoms with E-state index < -0.39 is 0 Å². The van der Waals surface area contributed by atoms with Crippen molar-refractivity contribution in [2.24, 2.45) is 0 Å². The first kappa shape index (κ1) is 17.4. The molecule has 20 heavy (non-hydrogen) atoms. The highest BCUT2D eigenvalue weighted by molar-refractivity contribution is 7.15. The summed E-state index contributed by atoms with van der Waals surface area (Å²) >= 11 is 1.79. The van der Waals surface area contributed by atoms with Gasteiger partial charge < -0.3 is 15.0 Å². The van der Waals surface area contributed by atoms with Gasteiger partial charge in [-0.05, 0) is 12.8 Å². The van der Waals surface area contributed by atoms with Crippen LogP contribution in [0.15, 0.2) is 6.20 Å². The number of ether oxygens (including phenoxy) is 1. The minimum atomic E-state index is 0.504. The molecule has 0 amide bonds. The Hall–Kier alpha value is -0.650. The van der Waals surface area contributed by atoms with Crippen LogP contribution in [0.3, 0.4) is 0 Å². The van der Waals surface area contributed by atoms with Crippen molar-refractivity contribution >= 4 is 16.5 Å². The van der Waals surface area contributed by atoms with Gasteiger partial charge in [-0.15, -0.1) is 11.3 Å². The van der Waals surface area contributed by atoms with E-state index in [0.29, 0.717) is 12.1 Å². The Kier molecular flexibility index (Phi) is 8.11. The molecule has 116 valence electrons. The number of thiazole rings is 1. The highest BCUT2D eigenvalue weighted by Gasteiger charge is 2.18. The minimum Gasteiger partial charge on any atom is -0.383 e. The number of nitrogens with zero attached hydrogens (tertiary/aromatic N) is 2. The van der Waals surface area contributed by atoms with Crippen molar-refractivity contribution in [1.29, 1.82) is 0 Å². The standard InChI is InChI=1S/C15H29N3OS/c1-6-13(7-2)18(8-9-19-5)15-17-11-14(20-15)10-16-12(3)4/h11-13,16H,6-10H2,1-5H3. The molecule has 1 N–H and O–H groups in total. The van der Waals surface area contributed by atoms with E-state index in [4.69, 9.17) is 4.74 Å². The first-order valence-corrected chi connectivity index (χ1v) is 8.37. The molecule has 0 fully saturated rings. The maximum Gasteiger partial charge on any atom is 0.185 e. The normalized spacial score (nSPS) is 11.6. The molecule has 1 rings (SSSR count). The number of aromatic nitrogens is 1. The lowest BCUT2D eigenvalue weighted by Crippen LogP contribution is -2.37. The van der Waals surface area contributed by atoms with Crippen LogP contribution in [0.25, 0.3) is 0 Å². The van der Waals surface area contributed by atoms with Crippen molar-refractivity contribution in [2.45, 2.75) is 59.2 Å². The van der Waals surface area contributed by atoms with E-state index in [1.165, 1.54) is 4.88 Å². The van der Waals surface area contributed by atoms with Crippen LogP contribution in [-0.4, -0.2) is 37.3 Å². The molecule has 0 radical (unpaired) electrons. The summed E-state index contributed by atoms with van der Waals surface area (Å²) in [6.07, 6.45) is 4.27. The summed E-state index contributed by atoms with van der Waals surface area (Å²) in [6.45, 7) is 11.4.